The summed E-state index contributed by atoms with van der Waals surface area (Å²) in [5.41, 5.74) is 2.54. The topological polar surface area (TPSA) is 62.7 Å². The molecule has 0 atom stereocenters. The Kier molecular flexibility index (Phi) is 4.75. The van der Waals surface area contributed by atoms with Crippen LogP contribution in [0.2, 0.25) is 0 Å². The molecule has 0 N–H and O–H groups in total. The number of benzene rings is 2. The number of nitrogens with zero attached hydrogens (tertiary/aromatic N) is 3. The molecule has 0 bridgehead atoms. The average molecular weight is 419 g/mol. The molecule has 2 aromatic carbocycles. The standard InChI is InChI=1S/C16H10IN3OS/c17-14-7-5-11(6-8-14)15-19-20-16(21-15)22-10-13-4-2-1-3-12(13)9-18/h1-8H,10H2. The minimum absolute atomic E-state index is 0.501. The first-order valence-corrected chi connectivity index (χ1v) is 8.53. The molecule has 0 unspecified atom stereocenters. The zero-order valence-electron chi connectivity index (χ0n) is 11.4. The van der Waals surface area contributed by atoms with Crippen molar-refractivity contribution in [1.82, 2.24) is 10.2 Å². The lowest BCUT2D eigenvalue weighted by Gasteiger charge is -2.00. The van der Waals surface area contributed by atoms with Crippen LogP contribution >= 0.6 is 34.4 Å². The maximum atomic E-state index is 9.08. The summed E-state index contributed by atoms with van der Waals surface area (Å²) >= 11 is 3.68. The van der Waals surface area contributed by atoms with E-state index in [0.29, 0.717) is 22.4 Å². The van der Waals surface area contributed by atoms with Crippen molar-refractivity contribution in [2.45, 2.75) is 11.0 Å². The van der Waals surface area contributed by atoms with Gasteiger partial charge in [0, 0.05) is 14.9 Å². The molecular weight excluding hydrogens is 409 g/mol. The summed E-state index contributed by atoms with van der Waals surface area (Å²) < 4.78 is 6.82. The Hall–Kier alpha value is -1.85. The first-order chi connectivity index (χ1) is 10.8. The predicted octanol–water partition coefficient (Wildman–Crippen LogP) is 4.51. The zero-order valence-corrected chi connectivity index (χ0v) is 14.3. The highest BCUT2D eigenvalue weighted by molar-refractivity contribution is 14.1. The lowest BCUT2D eigenvalue weighted by molar-refractivity contribution is 0.466. The van der Waals surface area contributed by atoms with Crippen LogP contribution in [0, 0.1) is 14.9 Å². The fourth-order valence-electron chi connectivity index (χ4n) is 1.87. The molecular formula is C16H10IN3OS. The summed E-state index contributed by atoms with van der Waals surface area (Å²) in [6, 6.07) is 17.6. The SMILES string of the molecule is N#Cc1ccccc1CSc1nnc(-c2ccc(I)cc2)o1. The van der Waals surface area contributed by atoms with E-state index in [-0.39, 0.29) is 0 Å². The smallest absolute Gasteiger partial charge is 0.277 e. The van der Waals surface area contributed by atoms with E-state index in [0.717, 1.165) is 14.7 Å². The van der Waals surface area contributed by atoms with E-state index in [1.54, 1.807) is 6.07 Å². The Morgan fingerprint density at radius 3 is 2.64 bits per heavy atom. The summed E-state index contributed by atoms with van der Waals surface area (Å²) in [5.74, 6) is 1.13. The van der Waals surface area contributed by atoms with Crippen molar-refractivity contribution in [3.05, 3.63) is 63.2 Å². The predicted molar refractivity (Wildman–Crippen MR) is 93.2 cm³/mol. The number of aromatic nitrogens is 2. The molecule has 0 radical (unpaired) electrons. The third kappa shape index (κ3) is 3.48. The van der Waals surface area contributed by atoms with E-state index in [2.05, 4.69) is 38.9 Å². The Bertz CT molecular complexity index is 824. The number of nitriles is 1. The van der Waals surface area contributed by atoms with Crippen molar-refractivity contribution in [2.75, 3.05) is 0 Å². The van der Waals surface area contributed by atoms with E-state index in [9.17, 15) is 0 Å². The fraction of sp³-hybridized carbons (Fsp3) is 0.0625. The number of hydrogen-bond acceptors (Lipinski definition) is 5. The van der Waals surface area contributed by atoms with Crippen LogP contribution in [-0.2, 0) is 5.75 Å². The number of rotatable bonds is 4. The molecule has 0 spiro atoms. The molecule has 3 aromatic rings. The molecule has 22 heavy (non-hydrogen) atoms. The van der Waals surface area contributed by atoms with Crippen LogP contribution in [0.5, 0.6) is 0 Å². The van der Waals surface area contributed by atoms with Gasteiger partial charge in [0.05, 0.1) is 11.6 Å². The minimum atomic E-state index is 0.501. The van der Waals surface area contributed by atoms with Gasteiger partial charge < -0.3 is 4.42 Å². The van der Waals surface area contributed by atoms with Crippen LogP contribution in [-0.4, -0.2) is 10.2 Å². The summed E-state index contributed by atoms with van der Waals surface area (Å²) in [6.07, 6.45) is 0. The summed E-state index contributed by atoms with van der Waals surface area (Å²) in [6.45, 7) is 0. The van der Waals surface area contributed by atoms with Gasteiger partial charge >= 0.3 is 0 Å². The van der Waals surface area contributed by atoms with Gasteiger partial charge in [-0.1, -0.05) is 30.0 Å². The van der Waals surface area contributed by atoms with Crippen molar-refractivity contribution in [3.8, 4) is 17.5 Å². The molecule has 0 amide bonds. The highest BCUT2D eigenvalue weighted by atomic mass is 127. The van der Waals surface area contributed by atoms with E-state index >= 15 is 0 Å². The maximum absolute atomic E-state index is 9.08. The fourth-order valence-corrected chi connectivity index (χ4v) is 3.00. The third-order valence-corrected chi connectivity index (χ3v) is 4.57. The summed E-state index contributed by atoms with van der Waals surface area (Å²) in [4.78, 5) is 0. The van der Waals surface area contributed by atoms with Crippen LogP contribution in [0.1, 0.15) is 11.1 Å². The van der Waals surface area contributed by atoms with Crippen LogP contribution in [0.4, 0.5) is 0 Å². The lowest BCUT2D eigenvalue weighted by atomic mass is 10.1. The molecule has 0 fully saturated rings. The van der Waals surface area contributed by atoms with Crippen LogP contribution in [0.3, 0.4) is 0 Å². The van der Waals surface area contributed by atoms with E-state index < -0.39 is 0 Å². The molecule has 0 saturated heterocycles. The van der Waals surface area contributed by atoms with Gasteiger partial charge in [0.25, 0.3) is 5.22 Å². The second-order valence-corrected chi connectivity index (χ2v) is 6.61. The highest BCUT2D eigenvalue weighted by Gasteiger charge is 2.10. The molecule has 3 rings (SSSR count). The molecule has 0 saturated carbocycles. The van der Waals surface area contributed by atoms with Crippen molar-refractivity contribution >= 4 is 34.4 Å². The van der Waals surface area contributed by atoms with Crippen molar-refractivity contribution in [2.24, 2.45) is 0 Å². The van der Waals surface area contributed by atoms with E-state index in [1.165, 1.54) is 11.8 Å². The summed E-state index contributed by atoms with van der Waals surface area (Å²) in [7, 11) is 0. The van der Waals surface area contributed by atoms with E-state index in [4.69, 9.17) is 9.68 Å². The Labute approximate surface area is 145 Å². The van der Waals surface area contributed by atoms with Gasteiger partial charge in [-0.25, -0.2) is 0 Å². The monoisotopic (exact) mass is 419 g/mol. The Morgan fingerprint density at radius 2 is 1.86 bits per heavy atom. The van der Waals surface area contributed by atoms with Gasteiger partial charge in [-0.15, -0.1) is 10.2 Å². The normalized spacial score (nSPS) is 10.4. The third-order valence-electron chi connectivity index (χ3n) is 2.99. The molecule has 6 heteroatoms. The number of halogens is 1. The van der Waals surface area contributed by atoms with E-state index in [1.807, 2.05) is 42.5 Å². The highest BCUT2D eigenvalue weighted by Crippen LogP contribution is 2.26. The molecule has 1 heterocycles. The average Bonchev–Trinajstić information content (AvgIpc) is 3.03. The first-order valence-electron chi connectivity index (χ1n) is 6.46. The molecule has 4 nitrogen and oxygen atoms in total. The summed E-state index contributed by atoms with van der Waals surface area (Å²) in [5, 5.41) is 17.7. The minimum Gasteiger partial charge on any atom is -0.411 e. The first kappa shape index (κ1) is 15.1. The van der Waals surface area contributed by atoms with Gasteiger partial charge in [-0.3, -0.25) is 0 Å². The van der Waals surface area contributed by atoms with Gasteiger partial charge in [-0.05, 0) is 58.5 Å². The van der Waals surface area contributed by atoms with Crippen LogP contribution < -0.4 is 0 Å². The van der Waals surface area contributed by atoms with Gasteiger partial charge in [0.1, 0.15) is 0 Å². The van der Waals surface area contributed by atoms with Gasteiger partial charge in [0.2, 0.25) is 5.89 Å². The van der Waals surface area contributed by atoms with Crippen molar-refractivity contribution in [3.63, 3.8) is 0 Å². The quantitative estimate of drug-likeness (QED) is 0.460. The molecule has 0 aliphatic rings. The Morgan fingerprint density at radius 1 is 1.09 bits per heavy atom. The molecule has 1 aromatic heterocycles. The molecule has 108 valence electrons. The second kappa shape index (κ2) is 6.94. The van der Waals surface area contributed by atoms with Gasteiger partial charge in [0.15, 0.2) is 0 Å². The van der Waals surface area contributed by atoms with Crippen molar-refractivity contribution in [1.29, 1.82) is 5.26 Å². The van der Waals surface area contributed by atoms with Crippen molar-refractivity contribution < 1.29 is 4.42 Å². The molecule has 0 aliphatic carbocycles. The Balaban J connectivity index is 1.72. The largest absolute Gasteiger partial charge is 0.411 e. The van der Waals surface area contributed by atoms with Crippen LogP contribution in [0.15, 0.2) is 58.2 Å². The maximum Gasteiger partial charge on any atom is 0.277 e. The number of thioether (sulfide) groups is 1. The number of hydrogen-bond donors (Lipinski definition) is 0. The van der Waals surface area contributed by atoms with Crippen LogP contribution in [0.25, 0.3) is 11.5 Å². The van der Waals surface area contributed by atoms with Gasteiger partial charge in [-0.2, -0.15) is 5.26 Å². The zero-order chi connectivity index (χ0) is 15.4. The molecule has 0 aliphatic heterocycles. The lowest BCUT2D eigenvalue weighted by Crippen LogP contribution is -1.86. The second-order valence-electron chi connectivity index (χ2n) is 4.44.